The molecule has 0 bridgehead atoms. The van der Waals surface area contributed by atoms with Crippen LogP contribution in [0.25, 0.3) is 5.70 Å². The maximum Gasteiger partial charge on any atom is 0.425 e. The highest BCUT2D eigenvalue weighted by Gasteiger charge is 2.67. The molecule has 1 heterocycles. The lowest BCUT2D eigenvalue weighted by atomic mass is 10.1. The summed E-state index contributed by atoms with van der Waals surface area (Å²) in [5, 5.41) is 12.0. The van der Waals surface area contributed by atoms with Crippen molar-refractivity contribution in [3.63, 3.8) is 0 Å². The van der Waals surface area contributed by atoms with Crippen LogP contribution in [-0.4, -0.2) is 32.8 Å². The molecule has 0 atom stereocenters. The van der Waals surface area contributed by atoms with Crippen molar-refractivity contribution in [2.45, 2.75) is 31.8 Å². The zero-order valence-electron chi connectivity index (χ0n) is 12.4. The Balaban J connectivity index is 0.000000423. The number of halogens is 6. The van der Waals surface area contributed by atoms with E-state index in [1.54, 1.807) is 17.0 Å². The molecule has 3 nitrogen and oxygen atoms in total. The maximum absolute atomic E-state index is 11.4. The van der Waals surface area contributed by atoms with Crippen molar-refractivity contribution in [1.82, 2.24) is 9.78 Å². The summed E-state index contributed by atoms with van der Waals surface area (Å²) in [6.07, 6.45) is -0.137. The Morgan fingerprint density at radius 2 is 1.70 bits per heavy atom. The molecule has 0 radical (unpaired) electrons. The fourth-order valence-corrected chi connectivity index (χ4v) is 1.05. The first-order valence-electron chi connectivity index (χ1n) is 6.19. The zero-order chi connectivity index (χ0) is 18.3. The minimum absolute atomic E-state index is 0.340. The smallest absolute Gasteiger partial charge is 0.374 e. The van der Waals surface area contributed by atoms with Crippen molar-refractivity contribution in [2.24, 2.45) is 0 Å². The first kappa shape index (κ1) is 21.0. The van der Waals surface area contributed by atoms with Crippen LogP contribution in [0.15, 0.2) is 49.3 Å². The fourth-order valence-electron chi connectivity index (χ4n) is 1.05. The number of aromatic nitrogens is 2. The number of nitrogens with zero attached hydrogens (tertiary/aromatic N) is 2. The molecule has 1 aromatic heterocycles. The number of hydrogen-bond donors (Lipinski definition) is 1. The van der Waals surface area contributed by atoms with Crippen LogP contribution in [0.1, 0.15) is 13.8 Å². The van der Waals surface area contributed by atoms with E-state index in [0.29, 0.717) is 0 Å². The number of allylic oxidation sites excluding steroid dienone is 5. The lowest BCUT2D eigenvalue weighted by Crippen LogP contribution is -2.54. The molecular weight excluding hydrogens is 326 g/mol. The SMILES string of the molecule is C=C/C=C\C(=C/C)n1cccn1.CC(O)(C(F)(F)F)C(F)(F)F. The van der Waals surface area contributed by atoms with Crippen molar-refractivity contribution in [1.29, 1.82) is 0 Å². The van der Waals surface area contributed by atoms with Crippen LogP contribution in [0.4, 0.5) is 26.3 Å². The highest BCUT2D eigenvalue weighted by atomic mass is 19.4. The van der Waals surface area contributed by atoms with E-state index in [2.05, 4.69) is 11.7 Å². The van der Waals surface area contributed by atoms with Gasteiger partial charge >= 0.3 is 12.4 Å². The molecule has 1 N–H and O–H groups in total. The van der Waals surface area contributed by atoms with Gasteiger partial charge in [-0.2, -0.15) is 31.4 Å². The van der Waals surface area contributed by atoms with Gasteiger partial charge in [-0.1, -0.05) is 24.8 Å². The van der Waals surface area contributed by atoms with Crippen LogP contribution >= 0.6 is 0 Å². The third kappa shape index (κ3) is 5.93. The predicted molar refractivity (Wildman–Crippen MR) is 74.2 cm³/mol. The molecule has 0 saturated carbocycles. The molecule has 0 spiro atoms. The summed E-state index contributed by atoms with van der Waals surface area (Å²) in [6, 6.07) is 1.89. The monoisotopic (exact) mass is 342 g/mol. The Hall–Kier alpha value is -2.03. The van der Waals surface area contributed by atoms with E-state index in [4.69, 9.17) is 5.11 Å². The number of alkyl halides is 6. The molecule has 9 heteroatoms. The van der Waals surface area contributed by atoms with E-state index in [1.165, 1.54) is 0 Å². The quantitative estimate of drug-likeness (QED) is 0.655. The van der Waals surface area contributed by atoms with Gasteiger partial charge in [-0.25, -0.2) is 4.68 Å². The van der Waals surface area contributed by atoms with E-state index in [1.807, 2.05) is 37.4 Å². The van der Waals surface area contributed by atoms with Crippen molar-refractivity contribution in [3.8, 4) is 0 Å². The fraction of sp³-hybridized carbons (Fsp3) is 0.357. The second-order valence-electron chi connectivity index (χ2n) is 4.33. The first-order valence-corrected chi connectivity index (χ1v) is 6.19. The average Bonchev–Trinajstić information content (AvgIpc) is 2.92. The van der Waals surface area contributed by atoms with Crippen molar-refractivity contribution >= 4 is 5.70 Å². The first-order chi connectivity index (χ1) is 10.4. The summed E-state index contributed by atoms with van der Waals surface area (Å²) in [6.45, 7) is 5.24. The van der Waals surface area contributed by atoms with Gasteiger partial charge in [0.15, 0.2) is 0 Å². The molecule has 1 aromatic rings. The van der Waals surface area contributed by atoms with Crippen LogP contribution in [0.2, 0.25) is 0 Å². The van der Waals surface area contributed by atoms with Crippen LogP contribution in [0.3, 0.4) is 0 Å². The summed E-state index contributed by atoms with van der Waals surface area (Å²) >= 11 is 0. The molecule has 0 aromatic carbocycles. The second-order valence-corrected chi connectivity index (χ2v) is 4.33. The minimum Gasteiger partial charge on any atom is -0.374 e. The van der Waals surface area contributed by atoms with E-state index < -0.39 is 18.0 Å². The molecular formula is C14H16F6N2O. The maximum atomic E-state index is 11.4. The van der Waals surface area contributed by atoms with Crippen LogP contribution in [0, 0.1) is 0 Å². The topological polar surface area (TPSA) is 38.0 Å². The number of aliphatic hydroxyl groups is 1. The van der Waals surface area contributed by atoms with Crippen LogP contribution in [-0.2, 0) is 0 Å². The Morgan fingerprint density at radius 1 is 1.17 bits per heavy atom. The summed E-state index contributed by atoms with van der Waals surface area (Å²) < 4.78 is 70.0. The molecule has 0 saturated heterocycles. The Morgan fingerprint density at radius 3 is 1.96 bits per heavy atom. The third-order valence-corrected chi connectivity index (χ3v) is 2.57. The molecule has 0 aliphatic heterocycles. The lowest BCUT2D eigenvalue weighted by molar-refractivity contribution is -0.360. The molecule has 0 fully saturated rings. The Kier molecular flexibility index (Phi) is 7.29. The normalized spacial score (nSPS) is 13.7. The molecule has 0 unspecified atom stereocenters. The predicted octanol–water partition coefficient (Wildman–Crippen LogP) is 4.35. The number of rotatable bonds is 3. The summed E-state index contributed by atoms with van der Waals surface area (Å²) in [5.74, 6) is 0. The van der Waals surface area contributed by atoms with Crippen molar-refractivity contribution < 1.29 is 31.4 Å². The molecule has 0 aliphatic rings. The summed E-state index contributed by atoms with van der Waals surface area (Å²) in [4.78, 5) is 0. The third-order valence-electron chi connectivity index (χ3n) is 2.57. The standard InChI is InChI=1S/C10H12N2.C4H4F6O/c1-3-5-7-10(4-2)12-9-6-8-11-12;1-2(11,3(5,6)7)4(8,9)10/h3-9H,1H2,2H3;11H,1H3/b7-5-,10-4+;. The van der Waals surface area contributed by atoms with Crippen molar-refractivity contribution in [2.75, 3.05) is 0 Å². The van der Waals surface area contributed by atoms with E-state index >= 15 is 0 Å². The van der Waals surface area contributed by atoms with Gasteiger partial charge in [-0.3, -0.25) is 0 Å². The second kappa shape index (κ2) is 8.00. The van der Waals surface area contributed by atoms with Gasteiger partial charge in [-0.15, -0.1) is 0 Å². The van der Waals surface area contributed by atoms with E-state index in [9.17, 15) is 26.3 Å². The highest BCUT2D eigenvalue weighted by molar-refractivity contribution is 5.55. The minimum atomic E-state index is -5.69. The van der Waals surface area contributed by atoms with E-state index in [-0.39, 0.29) is 6.92 Å². The molecule has 0 amide bonds. The molecule has 130 valence electrons. The summed E-state index contributed by atoms with van der Waals surface area (Å²) in [5.41, 5.74) is -3.58. The molecule has 0 aliphatic carbocycles. The van der Waals surface area contributed by atoms with Gasteiger partial charge in [-0.05, 0) is 26.0 Å². The average molecular weight is 342 g/mol. The Bertz CT molecular complexity index is 523. The highest BCUT2D eigenvalue weighted by Crippen LogP contribution is 2.42. The van der Waals surface area contributed by atoms with Gasteiger partial charge in [0.2, 0.25) is 0 Å². The van der Waals surface area contributed by atoms with Gasteiger partial charge < -0.3 is 5.11 Å². The van der Waals surface area contributed by atoms with Gasteiger partial charge in [0, 0.05) is 12.4 Å². The number of hydrogen-bond acceptors (Lipinski definition) is 2. The molecule has 23 heavy (non-hydrogen) atoms. The van der Waals surface area contributed by atoms with Gasteiger partial charge in [0.05, 0.1) is 5.70 Å². The van der Waals surface area contributed by atoms with E-state index in [0.717, 1.165) is 5.70 Å². The lowest BCUT2D eigenvalue weighted by Gasteiger charge is -2.28. The van der Waals surface area contributed by atoms with Gasteiger partial charge in [0.1, 0.15) is 0 Å². The van der Waals surface area contributed by atoms with Crippen LogP contribution < -0.4 is 0 Å². The van der Waals surface area contributed by atoms with Crippen LogP contribution in [0.5, 0.6) is 0 Å². The largest absolute Gasteiger partial charge is 0.425 e. The van der Waals surface area contributed by atoms with Crippen molar-refractivity contribution in [3.05, 3.63) is 49.3 Å². The zero-order valence-corrected chi connectivity index (χ0v) is 12.4. The van der Waals surface area contributed by atoms with Gasteiger partial charge in [0.25, 0.3) is 5.60 Å². The molecule has 1 rings (SSSR count). The Labute approximate surface area is 129 Å². The summed E-state index contributed by atoms with van der Waals surface area (Å²) in [7, 11) is 0.